The fraction of sp³-hybridized carbons (Fsp3) is 0.500. The molecule has 110 valence electrons. The van der Waals surface area contributed by atoms with Gasteiger partial charge in [-0.15, -0.1) is 5.10 Å². The Morgan fingerprint density at radius 2 is 2.00 bits per heavy atom. The average molecular weight is 301 g/mol. The van der Waals surface area contributed by atoms with E-state index >= 15 is 0 Å². The number of ether oxygens (including phenoxy) is 1. The molecule has 5 heteroatoms. The zero-order valence-electron chi connectivity index (χ0n) is 11.9. The molecule has 0 N–H and O–H groups in total. The molecule has 2 aromatic rings. The van der Waals surface area contributed by atoms with Crippen molar-refractivity contribution < 1.29 is 4.74 Å². The molecule has 4 nitrogen and oxygen atoms in total. The van der Waals surface area contributed by atoms with Crippen molar-refractivity contribution in [1.29, 1.82) is 0 Å². The van der Waals surface area contributed by atoms with Crippen molar-refractivity contribution in [3.05, 3.63) is 30.3 Å². The van der Waals surface area contributed by atoms with E-state index in [0.29, 0.717) is 12.0 Å². The highest BCUT2D eigenvalue weighted by Gasteiger charge is 2.33. The third kappa shape index (κ3) is 2.80. The number of benzene rings is 1. The lowest BCUT2D eigenvalue weighted by Gasteiger charge is -2.41. The van der Waals surface area contributed by atoms with Gasteiger partial charge in [0.1, 0.15) is 6.10 Å². The van der Waals surface area contributed by atoms with Crippen molar-refractivity contribution in [1.82, 2.24) is 15.1 Å². The van der Waals surface area contributed by atoms with Crippen LogP contribution in [0.2, 0.25) is 0 Å². The van der Waals surface area contributed by atoms with Gasteiger partial charge in [0.25, 0.3) is 5.19 Å². The predicted octanol–water partition coefficient (Wildman–Crippen LogP) is 3.07. The van der Waals surface area contributed by atoms with Crippen LogP contribution in [0, 0.1) is 5.92 Å². The quantitative estimate of drug-likeness (QED) is 0.873. The molecule has 2 aliphatic heterocycles. The van der Waals surface area contributed by atoms with Gasteiger partial charge in [0.05, 0.1) is 0 Å². The van der Waals surface area contributed by atoms with E-state index < -0.39 is 0 Å². The Morgan fingerprint density at radius 1 is 1.10 bits per heavy atom. The van der Waals surface area contributed by atoms with Crippen molar-refractivity contribution in [2.45, 2.75) is 25.4 Å². The van der Waals surface area contributed by atoms with Crippen molar-refractivity contribution in [2.75, 3.05) is 19.6 Å². The summed E-state index contributed by atoms with van der Waals surface area (Å²) in [7, 11) is 0. The van der Waals surface area contributed by atoms with E-state index in [0.717, 1.165) is 28.7 Å². The molecule has 2 fully saturated rings. The second kappa shape index (κ2) is 5.73. The van der Waals surface area contributed by atoms with Crippen LogP contribution in [-0.2, 0) is 0 Å². The van der Waals surface area contributed by atoms with Gasteiger partial charge in [0.15, 0.2) is 5.01 Å². The third-order valence-electron chi connectivity index (χ3n) is 4.48. The SMILES string of the molecule is c1ccc(-c2nnc(O[C@H]3CCN4CCC[C@H]3C4)s2)cc1. The Hall–Kier alpha value is -1.46. The fourth-order valence-electron chi connectivity index (χ4n) is 3.38. The predicted molar refractivity (Wildman–Crippen MR) is 83.5 cm³/mol. The highest BCUT2D eigenvalue weighted by molar-refractivity contribution is 7.16. The Balaban J connectivity index is 1.47. The zero-order valence-corrected chi connectivity index (χ0v) is 12.8. The fourth-order valence-corrected chi connectivity index (χ4v) is 4.14. The van der Waals surface area contributed by atoms with Gasteiger partial charge >= 0.3 is 0 Å². The van der Waals surface area contributed by atoms with Crippen LogP contribution in [0.25, 0.3) is 10.6 Å². The van der Waals surface area contributed by atoms with Crippen molar-refractivity contribution in [3.63, 3.8) is 0 Å². The second-order valence-electron chi connectivity index (χ2n) is 5.89. The Bertz CT molecular complexity index is 601. The Morgan fingerprint density at radius 3 is 2.90 bits per heavy atom. The summed E-state index contributed by atoms with van der Waals surface area (Å²) < 4.78 is 6.16. The maximum atomic E-state index is 6.16. The highest BCUT2D eigenvalue weighted by atomic mass is 32.1. The maximum absolute atomic E-state index is 6.16. The third-order valence-corrected chi connectivity index (χ3v) is 5.34. The van der Waals surface area contributed by atoms with Crippen LogP contribution >= 0.6 is 11.3 Å². The molecule has 2 bridgehead atoms. The minimum Gasteiger partial charge on any atom is -0.465 e. The smallest absolute Gasteiger partial charge is 0.294 e. The molecule has 2 saturated heterocycles. The number of nitrogens with zero attached hydrogens (tertiary/aromatic N) is 3. The van der Waals surface area contributed by atoms with Crippen LogP contribution in [0.15, 0.2) is 30.3 Å². The van der Waals surface area contributed by atoms with Gasteiger partial charge in [0.2, 0.25) is 0 Å². The first-order chi connectivity index (χ1) is 10.4. The van der Waals surface area contributed by atoms with E-state index in [2.05, 4.69) is 27.2 Å². The number of piperidine rings is 2. The van der Waals surface area contributed by atoms with Crippen LogP contribution in [0.5, 0.6) is 5.19 Å². The number of rotatable bonds is 3. The summed E-state index contributed by atoms with van der Waals surface area (Å²) in [6.07, 6.45) is 4.02. The maximum Gasteiger partial charge on any atom is 0.294 e. The molecule has 2 aliphatic rings. The van der Waals surface area contributed by atoms with E-state index in [9.17, 15) is 0 Å². The molecular formula is C16H19N3OS. The molecule has 1 unspecified atom stereocenters. The van der Waals surface area contributed by atoms with Crippen LogP contribution in [0.4, 0.5) is 0 Å². The summed E-state index contributed by atoms with van der Waals surface area (Å²) in [4.78, 5) is 2.56. The monoisotopic (exact) mass is 301 g/mol. The first kappa shape index (κ1) is 13.2. The lowest BCUT2D eigenvalue weighted by Crippen LogP contribution is -2.48. The van der Waals surface area contributed by atoms with Gasteiger partial charge in [-0.1, -0.05) is 46.8 Å². The number of fused-ring (bicyclic) bond motifs is 2. The molecule has 3 heterocycles. The molecule has 21 heavy (non-hydrogen) atoms. The molecule has 1 aromatic heterocycles. The van der Waals surface area contributed by atoms with Crippen LogP contribution < -0.4 is 4.74 Å². The number of hydrogen-bond donors (Lipinski definition) is 0. The van der Waals surface area contributed by atoms with Gasteiger partial charge < -0.3 is 9.64 Å². The second-order valence-corrected chi connectivity index (χ2v) is 6.83. The number of hydrogen-bond acceptors (Lipinski definition) is 5. The molecule has 0 radical (unpaired) electrons. The summed E-state index contributed by atoms with van der Waals surface area (Å²) in [5.74, 6) is 0.663. The first-order valence-corrected chi connectivity index (χ1v) is 8.48. The van der Waals surface area contributed by atoms with Crippen LogP contribution in [0.1, 0.15) is 19.3 Å². The van der Waals surface area contributed by atoms with E-state index in [1.807, 2.05) is 18.2 Å². The number of aromatic nitrogens is 2. The van der Waals surface area contributed by atoms with Gasteiger partial charge in [-0.3, -0.25) is 0 Å². The lowest BCUT2D eigenvalue weighted by molar-refractivity contribution is 0.0147. The molecule has 0 amide bonds. The van der Waals surface area contributed by atoms with E-state index in [-0.39, 0.29) is 0 Å². The van der Waals surface area contributed by atoms with Crippen molar-refractivity contribution >= 4 is 11.3 Å². The zero-order chi connectivity index (χ0) is 14.1. The molecular weight excluding hydrogens is 282 g/mol. The highest BCUT2D eigenvalue weighted by Crippen LogP contribution is 2.33. The summed E-state index contributed by atoms with van der Waals surface area (Å²) in [5, 5.41) is 10.1. The van der Waals surface area contributed by atoms with Crippen molar-refractivity contribution in [3.8, 4) is 15.8 Å². The van der Waals surface area contributed by atoms with Gasteiger partial charge in [-0.25, -0.2) is 0 Å². The Kier molecular flexibility index (Phi) is 3.61. The minimum atomic E-state index is 0.318. The normalized spacial score (nSPS) is 28.3. The molecule has 3 atom stereocenters. The first-order valence-electron chi connectivity index (χ1n) is 7.66. The lowest BCUT2D eigenvalue weighted by atomic mass is 9.87. The van der Waals surface area contributed by atoms with Crippen LogP contribution in [0.3, 0.4) is 0 Å². The standard InChI is InChI=1S/C16H19N3OS/c1-2-5-12(6-3-1)15-17-18-16(21-15)20-14-8-10-19-9-4-7-13(14)11-19/h1-3,5-6,13-14H,4,7-11H2/t13-,14-/m0/s1. The summed E-state index contributed by atoms with van der Waals surface area (Å²) in [6.45, 7) is 3.61. The average Bonchev–Trinajstić information content (AvgIpc) is 3.00. The minimum absolute atomic E-state index is 0.318. The molecule has 0 saturated carbocycles. The van der Waals surface area contributed by atoms with Gasteiger partial charge in [0, 0.05) is 24.6 Å². The Labute approximate surface area is 128 Å². The van der Waals surface area contributed by atoms with Gasteiger partial charge in [-0.05, 0) is 25.8 Å². The van der Waals surface area contributed by atoms with Gasteiger partial charge in [-0.2, -0.15) is 0 Å². The van der Waals surface area contributed by atoms with Crippen molar-refractivity contribution in [2.24, 2.45) is 5.92 Å². The summed E-state index contributed by atoms with van der Waals surface area (Å²) in [5.41, 5.74) is 1.11. The summed E-state index contributed by atoms with van der Waals surface area (Å²) in [6, 6.07) is 10.2. The van der Waals surface area contributed by atoms with Crippen LogP contribution in [-0.4, -0.2) is 40.8 Å². The molecule has 4 rings (SSSR count). The largest absolute Gasteiger partial charge is 0.465 e. The topological polar surface area (TPSA) is 38.3 Å². The molecule has 0 spiro atoms. The molecule has 1 aromatic carbocycles. The van der Waals surface area contributed by atoms with E-state index in [4.69, 9.17) is 4.74 Å². The van der Waals surface area contributed by atoms with E-state index in [1.165, 1.54) is 25.9 Å². The summed E-state index contributed by atoms with van der Waals surface area (Å²) >= 11 is 1.55. The molecule has 0 aliphatic carbocycles. The van der Waals surface area contributed by atoms with E-state index in [1.54, 1.807) is 11.3 Å².